The van der Waals surface area contributed by atoms with Gasteiger partial charge in [-0.25, -0.2) is 18.2 Å². The van der Waals surface area contributed by atoms with Gasteiger partial charge in [0.1, 0.15) is 10.5 Å². The summed E-state index contributed by atoms with van der Waals surface area (Å²) in [5, 5.41) is 11.5. The van der Waals surface area contributed by atoms with Crippen molar-refractivity contribution in [1.29, 1.82) is 0 Å². The summed E-state index contributed by atoms with van der Waals surface area (Å²) in [4.78, 5) is 43.1. The fraction of sp³-hybridized carbons (Fsp3) is 0.333. The maximum atomic E-state index is 13.0. The van der Waals surface area contributed by atoms with Crippen molar-refractivity contribution in [3.8, 4) is 11.1 Å². The van der Waals surface area contributed by atoms with Gasteiger partial charge in [-0.05, 0) is 42.3 Å². The number of rotatable bonds is 7. The van der Waals surface area contributed by atoms with Crippen molar-refractivity contribution in [2.75, 3.05) is 32.6 Å². The molecule has 2 aromatic heterocycles. The number of benzene rings is 2. The predicted octanol–water partition coefficient (Wildman–Crippen LogP) is 2.09. The zero-order valence-corrected chi connectivity index (χ0v) is 24.3. The third-order valence-corrected chi connectivity index (χ3v) is 9.64. The summed E-state index contributed by atoms with van der Waals surface area (Å²) in [6.07, 6.45) is 0.937. The van der Waals surface area contributed by atoms with Gasteiger partial charge in [0.25, 0.3) is 11.8 Å². The normalized spacial score (nSPS) is 20.0. The summed E-state index contributed by atoms with van der Waals surface area (Å²) < 4.78 is 37.6. The van der Waals surface area contributed by atoms with E-state index in [1.807, 2.05) is 30.3 Å². The highest BCUT2D eigenvalue weighted by Crippen LogP contribution is 2.37. The van der Waals surface area contributed by atoms with Crippen LogP contribution in [0.25, 0.3) is 21.3 Å². The van der Waals surface area contributed by atoms with E-state index < -0.39 is 32.6 Å². The first-order valence-electron chi connectivity index (χ1n) is 13.0. The average Bonchev–Trinajstić information content (AvgIpc) is 3.64. The molecule has 6 rings (SSSR count). The Hall–Kier alpha value is -4.21. The zero-order valence-electron chi connectivity index (χ0n) is 22.6. The highest BCUT2D eigenvalue weighted by molar-refractivity contribution is 7.91. The molecule has 4 aromatic rings. The molecule has 2 aromatic carbocycles. The Morgan fingerprint density at radius 3 is 2.60 bits per heavy atom. The van der Waals surface area contributed by atoms with E-state index in [9.17, 15) is 22.8 Å². The van der Waals surface area contributed by atoms with E-state index in [0.29, 0.717) is 37.4 Å². The third-order valence-electron chi connectivity index (χ3n) is 7.13. The van der Waals surface area contributed by atoms with Crippen LogP contribution in [0.5, 0.6) is 0 Å². The van der Waals surface area contributed by atoms with Gasteiger partial charge in [-0.3, -0.25) is 14.9 Å². The van der Waals surface area contributed by atoms with Gasteiger partial charge in [0.15, 0.2) is 15.1 Å². The molecule has 2 saturated heterocycles. The Morgan fingerprint density at radius 2 is 1.88 bits per heavy atom. The number of sulfone groups is 1. The van der Waals surface area contributed by atoms with Crippen molar-refractivity contribution in [3.63, 3.8) is 0 Å². The minimum absolute atomic E-state index is 0.00611. The second-order valence-electron chi connectivity index (χ2n) is 10.4. The van der Waals surface area contributed by atoms with E-state index in [2.05, 4.69) is 25.8 Å². The molecule has 2 N–H and O–H groups in total. The van der Waals surface area contributed by atoms with Crippen LogP contribution < -0.4 is 10.6 Å². The van der Waals surface area contributed by atoms with E-state index in [4.69, 9.17) is 9.15 Å². The molecule has 2 aliphatic heterocycles. The van der Waals surface area contributed by atoms with E-state index in [-0.39, 0.29) is 29.1 Å². The van der Waals surface area contributed by atoms with Crippen LogP contribution in [0.2, 0.25) is 0 Å². The van der Waals surface area contributed by atoms with Gasteiger partial charge >= 0.3 is 6.03 Å². The lowest BCUT2D eigenvalue weighted by Crippen LogP contribution is -2.45. The molecular formula is C27H26N6O7S2. The van der Waals surface area contributed by atoms with Crippen LogP contribution in [0, 0.1) is 0 Å². The molecular weight excluding hydrogens is 584 g/mol. The molecule has 0 aliphatic carbocycles. The van der Waals surface area contributed by atoms with Crippen molar-refractivity contribution < 1.29 is 32.0 Å². The quantitative estimate of drug-likeness (QED) is 0.295. The van der Waals surface area contributed by atoms with Gasteiger partial charge < -0.3 is 19.4 Å². The van der Waals surface area contributed by atoms with Crippen LogP contribution in [0.15, 0.2) is 46.9 Å². The highest BCUT2D eigenvalue weighted by atomic mass is 32.2. The molecule has 13 nitrogen and oxygen atoms in total. The Labute approximate surface area is 244 Å². The Balaban J connectivity index is 1.29. The molecule has 0 saturated carbocycles. The lowest BCUT2D eigenvalue weighted by atomic mass is 9.98. The summed E-state index contributed by atoms with van der Waals surface area (Å²) in [6.45, 7) is 3.64. The monoisotopic (exact) mass is 610 g/mol. The zero-order chi connectivity index (χ0) is 29.6. The van der Waals surface area contributed by atoms with E-state index in [1.165, 1.54) is 18.3 Å². The molecule has 15 heteroatoms. The van der Waals surface area contributed by atoms with Gasteiger partial charge in [-0.1, -0.05) is 18.2 Å². The molecule has 2 atom stereocenters. The smallest absolute Gasteiger partial charge is 0.322 e. The number of hydrogen-bond donors (Lipinski definition) is 2. The van der Waals surface area contributed by atoms with Gasteiger partial charge in [-0.2, -0.15) is 0 Å². The molecule has 2 aliphatic rings. The van der Waals surface area contributed by atoms with Gasteiger partial charge in [-0.15, -0.1) is 21.5 Å². The number of imide groups is 1. The maximum absolute atomic E-state index is 13.0. The second-order valence-corrected chi connectivity index (χ2v) is 13.6. The number of morpholine rings is 1. The SMILES string of the molecule is CC1(Cc2nnc(C(c3nc4ccc(-c5cccc(C(=O)N6CCOCC6)c5)cc4s3)S(C)(=O)=O)o2)NC(=O)NC1=O. The van der Waals surface area contributed by atoms with Gasteiger partial charge in [0.05, 0.1) is 29.9 Å². The lowest BCUT2D eigenvalue weighted by Gasteiger charge is -2.27. The number of ether oxygens (including phenoxy) is 1. The number of fused-ring (bicyclic) bond motifs is 1. The minimum Gasteiger partial charge on any atom is -0.423 e. The first-order chi connectivity index (χ1) is 20.0. The number of aromatic nitrogens is 3. The lowest BCUT2D eigenvalue weighted by molar-refractivity contribution is -0.123. The van der Waals surface area contributed by atoms with E-state index in [1.54, 1.807) is 17.0 Å². The Morgan fingerprint density at radius 1 is 1.12 bits per heavy atom. The predicted molar refractivity (Wildman–Crippen MR) is 152 cm³/mol. The molecule has 4 heterocycles. The molecule has 2 unspecified atom stereocenters. The number of hydrogen-bond acceptors (Lipinski definition) is 11. The average molecular weight is 611 g/mol. The molecule has 4 amide bonds. The molecule has 0 radical (unpaired) electrons. The van der Waals surface area contributed by atoms with Crippen molar-refractivity contribution in [2.45, 2.75) is 24.1 Å². The first kappa shape index (κ1) is 27.9. The van der Waals surface area contributed by atoms with Crippen LogP contribution in [0.4, 0.5) is 4.79 Å². The topological polar surface area (TPSA) is 174 Å². The molecule has 0 bridgehead atoms. The fourth-order valence-electron chi connectivity index (χ4n) is 4.94. The maximum Gasteiger partial charge on any atom is 0.322 e. The van der Waals surface area contributed by atoms with Gasteiger partial charge in [0, 0.05) is 24.9 Å². The summed E-state index contributed by atoms with van der Waals surface area (Å²) in [5.74, 6) is -0.797. The second kappa shape index (κ2) is 10.6. The van der Waals surface area contributed by atoms with Crippen LogP contribution >= 0.6 is 11.3 Å². The fourth-order valence-corrected chi connectivity index (χ4v) is 7.47. The van der Waals surface area contributed by atoms with E-state index >= 15 is 0 Å². The van der Waals surface area contributed by atoms with Gasteiger partial charge in [0.2, 0.25) is 11.8 Å². The summed E-state index contributed by atoms with van der Waals surface area (Å²) in [5.41, 5.74) is 1.54. The van der Waals surface area contributed by atoms with Crippen LogP contribution in [0.1, 0.15) is 39.3 Å². The van der Waals surface area contributed by atoms with E-state index in [0.717, 1.165) is 22.1 Å². The Kier molecular flexibility index (Phi) is 7.03. The number of nitrogens with one attached hydrogen (secondary N) is 2. The Bertz CT molecular complexity index is 1830. The number of carbonyl (C=O) groups is 3. The number of urea groups is 1. The molecule has 2 fully saturated rings. The highest BCUT2D eigenvalue weighted by Gasteiger charge is 2.44. The first-order valence-corrected chi connectivity index (χ1v) is 15.8. The van der Waals surface area contributed by atoms with Crippen molar-refractivity contribution in [2.24, 2.45) is 0 Å². The number of carbonyl (C=O) groups excluding carboxylic acids is 3. The van der Waals surface area contributed by atoms with Crippen molar-refractivity contribution >= 4 is 49.2 Å². The van der Waals surface area contributed by atoms with Crippen LogP contribution in [-0.2, 0) is 25.8 Å². The summed E-state index contributed by atoms with van der Waals surface area (Å²) in [6, 6.07) is 12.3. The largest absolute Gasteiger partial charge is 0.423 e. The van der Waals surface area contributed by atoms with Crippen LogP contribution in [-0.4, -0.2) is 84.4 Å². The number of thiazole rings is 1. The number of nitrogens with zero attached hydrogens (tertiary/aromatic N) is 4. The summed E-state index contributed by atoms with van der Waals surface area (Å²) >= 11 is 1.18. The molecule has 42 heavy (non-hydrogen) atoms. The third kappa shape index (κ3) is 5.37. The number of amides is 4. The van der Waals surface area contributed by atoms with Crippen LogP contribution in [0.3, 0.4) is 0 Å². The summed E-state index contributed by atoms with van der Waals surface area (Å²) in [7, 11) is -3.80. The minimum atomic E-state index is -3.80. The van der Waals surface area contributed by atoms with Crippen molar-refractivity contribution in [3.05, 3.63) is 64.8 Å². The molecule has 218 valence electrons. The molecule has 0 spiro atoms. The standard InChI is InChI=1S/C27H26N6O7S2/c1-27(25(35)29-26(36)30-27)14-20-31-32-22(40-20)21(42(2,37)38)23-28-18-7-6-16(13-19(18)41-23)15-4-3-5-17(12-15)24(34)33-8-10-39-11-9-33/h3-7,12-13,21H,8-11,14H2,1-2H3,(H2,29,30,35,36). The van der Waals surface area contributed by atoms with Crippen molar-refractivity contribution in [1.82, 2.24) is 30.7 Å².